The Hall–Kier alpha value is -7.43. The lowest BCUT2D eigenvalue weighted by molar-refractivity contribution is 0.674. The van der Waals surface area contributed by atoms with Crippen LogP contribution in [-0.4, -0.2) is 15.0 Å². The predicted molar refractivity (Wildman–Crippen MR) is 227 cm³/mol. The van der Waals surface area contributed by atoms with Crippen molar-refractivity contribution in [2.24, 2.45) is 0 Å². The van der Waals surface area contributed by atoms with E-state index in [1.807, 2.05) is 6.07 Å². The van der Waals surface area contributed by atoms with Crippen molar-refractivity contribution < 1.29 is 4.42 Å². The van der Waals surface area contributed by atoms with Gasteiger partial charge in [-0.25, -0.2) is 15.0 Å². The van der Waals surface area contributed by atoms with Crippen molar-refractivity contribution in [2.75, 3.05) is 0 Å². The van der Waals surface area contributed by atoms with Gasteiger partial charge in [-0.05, 0) is 61.8 Å². The highest BCUT2D eigenvalue weighted by Gasteiger charge is 2.18. The zero-order valence-electron chi connectivity index (χ0n) is 29.6. The van der Waals surface area contributed by atoms with Crippen LogP contribution < -0.4 is 0 Å². The minimum atomic E-state index is 0.627. The first-order valence-corrected chi connectivity index (χ1v) is 18.5. The van der Waals surface area contributed by atoms with E-state index >= 15 is 0 Å². The monoisotopic (exact) mass is 701 g/mol. The smallest absolute Gasteiger partial charge is 0.164 e. The highest BCUT2D eigenvalue weighted by Crippen LogP contribution is 2.42. The molecule has 0 aliphatic rings. The normalized spacial score (nSPS) is 11.6. The van der Waals surface area contributed by atoms with E-state index in [9.17, 15) is 0 Å². The van der Waals surface area contributed by atoms with Crippen LogP contribution in [0.5, 0.6) is 0 Å². The zero-order chi connectivity index (χ0) is 36.3. The summed E-state index contributed by atoms with van der Waals surface area (Å²) in [4.78, 5) is 15.2. The molecule has 0 unspecified atom stereocenters. The van der Waals surface area contributed by atoms with E-state index in [4.69, 9.17) is 19.4 Å². The second kappa shape index (κ2) is 12.6. The summed E-state index contributed by atoms with van der Waals surface area (Å²) in [7, 11) is 0. The minimum absolute atomic E-state index is 0.627. The summed E-state index contributed by atoms with van der Waals surface area (Å²) in [5.41, 5.74) is 9.10. The number of fused-ring (bicyclic) bond motifs is 7. The summed E-state index contributed by atoms with van der Waals surface area (Å²) in [6.07, 6.45) is 0. The van der Waals surface area contributed by atoms with Gasteiger partial charge in [0, 0.05) is 38.4 Å². The SMILES string of the molecule is c1ccc(-c2cccc3c2oc2c4ccccc4c(-c4ccc(-c5nc(-c6ccc7ccccc7c6)nc(-c6ccc7ccccc7c6)n5)cc4)cc32)cc1. The van der Waals surface area contributed by atoms with Crippen molar-refractivity contribution in [1.82, 2.24) is 15.0 Å². The first-order chi connectivity index (χ1) is 27.2. The largest absolute Gasteiger partial charge is 0.455 e. The molecular weight excluding hydrogens is 671 g/mol. The van der Waals surface area contributed by atoms with Crippen molar-refractivity contribution in [3.05, 3.63) is 188 Å². The molecule has 55 heavy (non-hydrogen) atoms. The van der Waals surface area contributed by atoms with Gasteiger partial charge in [-0.3, -0.25) is 0 Å². The van der Waals surface area contributed by atoms with Gasteiger partial charge in [-0.1, -0.05) is 170 Å². The molecule has 0 atom stereocenters. The fraction of sp³-hybridized carbons (Fsp3) is 0. The van der Waals surface area contributed by atoms with Crippen molar-refractivity contribution in [3.8, 4) is 56.4 Å². The van der Waals surface area contributed by atoms with E-state index in [1.165, 1.54) is 10.8 Å². The van der Waals surface area contributed by atoms with Crippen LogP contribution in [-0.2, 0) is 0 Å². The van der Waals surface area contributed by atoms with Crippen LogP contribution in [0.3, 0.4) is 0 Å². The van der Waals surface area contributed by atoms with E-state index in [2.05, 4.69) is 182 Å². The van der Waals surface area contributed by atoms with Crippen molar-refractivity contribution >= 4 is 54.3 Å². The molecule has 2 heterocycles. The lowest BCUT2D eigenvalue weighted by atomic mass is 9.94. The molecule has 9 aromatic carbocycles. The Kier molecular flexibility index (Phi) is 7.14. The Bertz CT molecular complexity index is 3160. The quantitative estimate of drug-likeness (QED) is 0.179. The lowest BCUT2D eigenvalue weighted by Gasteiger charge is -2.11. The maximum Gasteiger partial charge on any atom is 0.164 e. The molecule has 0 aliphatic heterocycles. The molecule has 0 bridgehead atoms. The summed E-state index contributed by atoms with van der Waals surface area (Å²) >= 11 is 0. The molecule has 4 nitrogen and oxygen atoms in total. The molecule has 4 heteroatoms. The molecule has 0 N–H and O–H groups in total. The van der Waals surface area contributed by atoms with Gasteiger partial charge in [-0.2, -0.15) is 0 Å². The molecule has 0 radical (unpaired) electrons. The third-order valence-electron chi connectivity index (χ3n) is 10.7. The maximum atomic E-state index is 6.74. The summed E-state index contributed by atoms with van der Waals surface area (Å²) in [5.74, 6) is 1.91. The first-order valence-electron chi connectivity index (χ1n) is 18.5. The third kappa shape index (κ3) is 5.34. The van der Waals surface area contributed by atoms with Gasteiger partial charge in [0.05, 0.1) is 0 Å². The molecular formula is C51H31N3O. The molecule has 0 spiro atoms. The van der Waals surface area contributed by atoms with Crippen LogP contribution in [0.15, 0.2) is 192 Å². The maximum absolute atomic E-state index is 6.74. The second-order valence-corrected chi connectivity index (χ2v) is 14.0. The van der Waals surface area contributed by atoms with Gasteiger partial charge < -0.3 is 4.42 Å². The number of furan rings is 1. The number of nitrogens with zero attached hydrogens (tertiary/aromatic N) is 3. The summed E-state index contributed by atoms with van der Waals surface area (Å²) in [6, 6.07) is 65.8. The molecule has 11 rings (SSSR count). The van der Waals surface area contributed by atoms with Gasteiger partial charge >= 0.3 is 0 Å². The average Bonchev–Trinajstić information content (AvgIpc) is 3.65. The summed E-state index contributed by atoms with van der Waals surface area (Å²) in [6.45, 7) is 0. The van der Waals surface area contributed by atoms with Crippen LogP contribution in [0.4, 0.5) is 0 Å². The Morgan fingerprint density at radius 3 is 1.40 bits per heavy atom. The van der Waals surface area contributed by atoms with Crippen LogP contribution in [0.2, 0.25) is 0 Å². The number of para-hydroxylation sites is 1. The van der Waals surface area contributed by atoms with Crippen LogP contribution in [0, 0.1) is 0 Å². The van der Waals surface area contributed by atoms with Crippen LogP contribution >= 0.6 is 0 Å². The van der Waals surface area contributed by atoms with Crippen molar-refractivity contribution in [2.45, 2.75) is 0 Å². The van der Waals surface area contributed by atoms with Gasteiger partial charge in [0.15, 0.2) is 17.5 Å². The number of benzene rings is 9. The highest BCUT2D eigenvalue weighted by molar-refractivity contribution is 6.20. The Morgan fingerprint density at radius 1 is 0.273 bits per heavy atom. The second-order valence-electron chi connectivity index (χ2n) is 14.0. The zero-order valence-corrected chi connectivity index (χ0v) is 29.6. The fourth-order valence-electron chi connectivity index (χ4n) is 7.92. The lowest BCUT2D eigenvalue weighted by Crippen LogP contribution is -2.00. The molecule has 0 saturated carbocycles. The fourth-order valence-corrected chi connectivity index (χ4v) is 7.92. The Labute approximate surface area is 317 Å². The average molecular weight is 702 g/mol. The molecule has 0 amide bonds. The topological polar surface area (TPSA) is 51.8 Å². The van der Waals surface area contributed by atoms with E-state index < -0.39 is 0 Å². The number of aromatic nitrogens is 3. The molecule has 0 aliphatic carbocycles. The van der Waals surface area contributed by atoms with Crippen LogP contribution in [0.1, 0.15) is 0 Å². The molecule has 2 aromatic heterocycles. The summed E-state index contributed by atoms with van der Waals surface area (Å²) < 4.78 is 6.74. The number of hydrogen-bond donors (Lipinski definition) is 0. The molecule has 0 fully saturated rings. The van der Waals surface area contributed by atoms with Gasteiger partial charge in [0.25, 0.3) is 0 Å². The van der Waals surface area contributed by atoms with Crippen LogP contribution in [0.25, 0.3) is 111 Å². The predicted octanol–water partition coefficient (Wildman–Crippen LogP) is 13.6. The Balaban J connectivity index is 1.05. The number of rotatable bonds is 5. The summed E-state index contributed by atoms with van der Waals surface area (Å²) in [5, 5.41) is 9.07. The van der Waals surface area contributed by atoms with Crippen molar-refractivity contribution in [1.29, 1.82) is 0 Å². The minimum Gasteiger partial charge on any atom is -0.455 e. The molecule has 11 aromatic rings. The van der Waals surface area contributed by atoms with E-state index in [-0.39, 0.29) is 0 Å². The number of hydrogen-bond acceptors (Lipinski definition) is 4. The third-order valence-corrected chi connectivity index (χ3v) is 10.7. The first kappa shape index (κ1) is 31.1. The van der Waals surface area contributed by atoms with Gasteiger partial charge in [0.1, 0.15) is 11.2 Å². The standard InChI is InChI=1S/C51H31N3O/c1-2-13-34(14-3-1)41-19-10-20-44-46-31-45(42-17-8-9-18-43(42)48(46)55-47(41)44)35-23-25-36(26-24-35)49-52-50(39-27-21-32-11-4-6-15-37(32)29-39)54-51(53-49)40-28-22-33-12-5-7-16-38(33)30-40/h1-31H. The van der Waals surface area contributed by atoms with E-state index in [0.717, 1.165) is 82.4 Å². The van der Waals surface area contributed by atoms with E-state index in [0.29, 0.717) is 17.5 Å². The molecule has 256 valence electrons. The van der Waals surface area contributed by atoms with Gasteiger partial charge in [-0.15, -0.1) is 0 Å². The Morgan fingerprint density at radius 2 is 0.745 bits per heavy atom. The van der Waals surface area contributed by atoms with Gasteiger partial charge in [0.2, 0.25) is 0 Å². The van der Waals surface area contributed by atoms with Crippen molar-refractivity contribution in [3.63, 3.8) is 0 Å². The van der Waals surface area contributed by atoms with E-state index in [1.54, 1.807) is 0 Å². The molecule has 0 saturated heterocycles. The highest BCUT2D eigenvalue weighted by atomic mass is 16.3.